The quantitative estimate of drug-likeness (QED) is 0.710. The highest BCUT2D eigenvalue weighted by Gasteiger charge is 2.23. The van der Waals surface area contributed by atoms with E-state index in [1.807, 2.05) is 13.0 Å². The zero-order valence-corrected chi connectivity index (χ0v) is 12.6. The number of ether oxygens (including phenoxy) is 1. The molecule has 20 heavy (non-hydrogen) atoms. The smallest absolute Gasteiger partial charge is 0.0799 e. The molecule has 5 nitrogen and oxygen atoms in total. The number of methoxy groups -OCH3 is 1. The number of aromatic nitrogens is 2. The van der Waals surface area contributed by atoms with Crippen LogP contribution in [0.2, 0.25) is 0 Å². The van der Waals surface area contributed by atoms with Gasteiger partial charge < -0.3 is 15.2 Å². The number of hydrogen-bond donors (Lipinski definition) is 2. The predicted molar refractivity (Wildman–Crippen MR) is 78.8 cm³/mol. The summed E-state index contributed by atoms with van der Waals surface area (Å²) in [5, 5.41) is 18.2. The van der Waals surface area contributed by atoms with Crippen LogP contribution in [0.4, 0.5) is 0 Å². The molecule has 0 radical (unpaired) electrons. The number of aliphatic hydroxyl groups is 1. The molecule has 1 heterocycles. The van der Waals surface area contributed by atoms with Gasteiger partial charge in [-0.15, -0.1) is 0 Å². The minimum absolute atomic E-state index is 0.548. The van der Waals surface area contributed by atoms with E-state index in [4.69, 9.17) is 4.74 Å². The van der Waals surface area contributed by atoms with Crippen LogP contribution >= 0.6 is 0 Å². The maximum Gasteiger partial charge on any atom is 0.0799 e. The Labute approximate surface area is 121 Å². The molecule has 2 rings (SSSR count). The summed E-state index contributed by atoms with van der Waals surface area (Å²) in [6.07, 6.45) is 7.71. The van der Waals surface area contributed by atoms with Gasteiger partial charge in [-0.2, -0.15) is 5.10 Å². The lowest BCUT2D eigenvalue weighted by atomic mass is 10.0. The molecule has 5 heteroatoms. The molecule has 0 spiro atoms. The minimum atomic E-state index is -0.775. The van der Waals surface area contributed by atoms with Crippen LogP contribution in [0.3, 0.4) is 0 Å². The fraction of sp³-hybridized carbons (Fsp3) is 0.800. The first-order valence-corrected chi connectivity index (χ1v) is 7.57. The van der Waals surface area contributed by atoms with Crippen molar-refractivity contribution in [2.45, 2.75) is 50.7 Å². The lowest BCUT2D eigenvalue weighted by Gasteiger charge is -2.22. The fourth-order valence-corrected chi connectivity index (χ4v) is 2.83. The summed E-state index contributed by atoms with van der Waals surface area (Å²) in [7, 11) is 1.68. The van der Waals surface area contributed by atoms with Gasteiger partial charge in [-0.05, 0) is 25.8 Å². The van der Waals surface area contributed by atoms with E-state index < -0.39 is 5.60 Å². The summed E-state index contributed by atoms with van der Waals surface area (Å²) in [6.45, 7) is 3.81. The zero-order valence-electron chi connectivity index (χ0n) is 12.6. The second-order valence-corrected chi connectivity index (χ2v) is 6.07. The van der Waals surface area contributed by atoms with Crippen molar-refractivity contribution in [2.75, 3.05) is 26.8 Å². The number of hydrogen-bond acceptors (Lipinski definition) is 4. The second-order valence-electron chi connectivity index (χ2n) is 6.07. The molecule has 1 aliphatic carbocycles. The Kier molecular flexibility index (Phi) is 5.57. The van der Waals surface area contributed by atoms with Gasteiger partial charge in [0.1, 0.15) is 0 Å². The van der Waals surface area contributed by atoms with Crippen LogP contribution in [-0.4, -0.2) is 47.3 Å². The Bertz CT molecular complexity index is 398. The van der Waals surface area contributed by atoms with Crippen molar-refractivity contribution in [3.05, 3.63) is 18.0 Å². The first-order chi connectivity index (χ1) is 9.61. The van der Waals surface area contributed by atoms with Gasteiger partial charge in [0.15, 0.2) is 0 Å². The fourth-order valence-electron chi connectivity index (χ4n) is 2.83. The third-order valence-corrected chi connectivity index (χ3v) is 3.91. The molecule has 0 aliphatic heterocycles. The third-order valence-electron chi connectivity index (χ3n) is 3.91. The summed E-state index contributed by atoms with van der Waals surface area (Å²) in [6, 6.07) is 2.59. The van der Waals surface area contributed by atoms with Crippen molar-refractivity contribution in [3.8, 4) is 0 Å². The zero-order chi connectivity index (χ0) is 14.4. The number of rotatable bonds is 8. The van der Waals surface area contributed by atoms with Gasteiger partial charge in [-0.1, -0.05) is 12.8 Å². The normalized spacial score (nSPS) is 19.4. The van der Waals surface area contributed by atoms with Crippen LogP contribution in [0.25, 0.3) is 0 Å². The monoisotopic (exact) mass is 281 g/mol. The van der Waals surface area contributed by atoms with E-state index >= 15 is 0 Å². The molecule has 0 saturated heterocycles. The second kappa shape index (κ2) is 7.20. The Balaban J connectivity index is 1.82. The van der Waals surface area contributed by atoms with Crippen LogP contribution in [0.5, 0.6) is 0 Å². The van der Waals surface area contributed by atoms with E-state index in [1.54, 1.807) is 7.11 Å². The van der Waals surface area contributed by atoms with E-state index in [-0.39, 0.29) is 0 Å². The van der Waals surface area contributed by atoms with Crippen molar-refractivity contribution in [1.82, 2.24) is 15.1 Å². The maximum absolute atomic E-state index is 10.4. The average molecular weight is 281 g/mol. The standard InChI is InChI=1S/C15H27N3O2/c1-15(19,12-16-8-10-20-2)11-13-7-9-18(17-13)14-5-3-4-6-14/h7,9,14,16,19H,3-6,8,10-12H2,1-2H3. The number of nitrogens with zero attached hydrogens (tertiary/aromatic N) is 2. The Morgan fingerprint density at radius 2 is 2.25 bits per heavy atom. The molecule has 1 aliphatic rings. The highest BCUT2D eigenvalue weighted by atomic mass is 16.5. The molecule has 0 aromatic carbocycles. The van der Waals surface area contributed by atoms with Crippen molar-refractivity contribution in [1.29, 1.82) is 0 Å². The summed E-state index contributed by atoms with van der Waals surface area (Å²) >= 11 is 0. The van der Waals surface area contributed by atoms with E-state index in [1.165, 1.54) is 25.7 Å². The molecule has 0 bridgehead atoms. The van der Waals surface area contributed by atoms with Crippen LogP contribution in [0.1, 0.15) is 44.3 Å². The van der Waals surface area contributed by atoms with Crippen LogP contribution in [0.15, 0.2) is 12.3 Å². The molecule has 1 fully saturated rings. The molecule has 0 amide bonds. The molecule has 2 N–H and O–H groups in total. The van der Waals surface area contributed by atoms with Crippen molar-refractivity contribution < 1.29 is 9.84 Å². The Morgan fingerprint density at radius 3 is 2.95 bits per heavy atom. The largest absolute Gasteiger partial charge is 0.388 e. The summed E-state index contributed by atoms with van der Waals surface area (Å²) in [5.74, 6) is 0. The molecular formula is C15H27N3O2. The van der Waals surface area contributed by atoms with Gasteiger partial charge in [0, 0.05) is 32.8 Å². The molecular weight excluding hydrogens is 254 g/mol. The van der Waals surface area contributed by atoms with Crippen LogP contribution in [-0.2, 0) is 11.2 Å². The summed E-state index contributed by atoms with van der Waals surface area (Å²) < 4.78 is 7.06. The van der Waals surface area contributed by atoms with E-state index in [2.05, 4.69) is 21.3 Å². The summed E-state index contributed by atoms with van der Waals surface area (Å²) in [4.78, 5) is 0. The highest BCUT2D eigenvalue weighted by molar-refractivity contribution is 5.04. The molecule has 1 aromatic rings. The maximum atomic E-state index is 10.4. The first kappa shape index (κ1) is 15.5. The topological polar surface area (TPSA) is 59.3 Å². The van der Waals surface area contributed by atoms with Crippen molar-refractivity contribution >= 4 is 0 Å². The molecule has 1 atom stereocenters. The van der Waals surface area contributed by atoms with Crippen molar-refractivity contribution in [2.24, 2.45) is 0 Å². The van der Waals surface area contributed by atoms with Gasteiger partial charge in [0.2, 0.25) is 0 Å². The SMILES string of the molecule is COCCNCC(C)(O)Cc1ccn(C2CCCC2)n1. The van der Waals surface area contributed by atoms with E-state index in [0.717, 1.165) is 12.2 Å². The molecule has 1 aromatic heterocycles. The lowest BCUT2D eigenvalue weighted by Crippen LogP contribution is -2.40. The highest BCUT2D eigenvalue weighted by Crippen LogP contribution is 2.28. The van der Waals surface area contributed by atoms with Crippen LogP contribution in [0, 0.1) is 0 Å². The molecule has 114 valence electrons. The minimum Gasteiger partial charge on any atom is -0.388 e. The van der Waals surface area contributed by atoms with Crippen LogP contribution < -0.4 is 5.32 Å². The molecule has 1 unspecified atom stereocenters. The van der Waals surface area contributed by atoms with E-state index in [0.29, 0.717) is 25.6 Å². The first-order valence-electron chi connectivity index (χ1n) is 7.57. The van der Waals surface area contributed by atoms with Gasteiger partial charge in [0.05, 0.1) is 23.9 Å². The van der Waals surface area contributed by atoms with E-state index in [9.17, 15) is 5.11 Å². The van der Waals surface area contributed by atoms with Gasteiger partial charge >= 0.3 is 0 Å². The van der Waals surface area contributed by atoms with Gasteiger partial charge in [-0.3, -0.25) is 4.68 Å². The summed E-state index contributed by atoms with van der Waals surface area (Å²) in [5.41, 5.74) is 0.193. The lowest BCUT2D eigenvalue weighted by molar-refractivity contribution is 0.0570. The van der Waals surface area contributed by atoms with Crippen molar-refractivity contribution in [3.63, 3.8) is 0 Å². The Hall–Kier alpha value is -0.910. The Morgan fingerprint density at radius 1 is 1.50 bits per heavy atom. The van der Waals surface area contributed by atoms with Gasteiger partial charge in [-0.25, -0.2) is 0 Å². The molecule has 1 saturated carbocycles. The predicted octanol–water partition coefficient (Wildman–Crippen LogP) is 1.53. The third kappa shape index (κ3) is 4.58. The average Bonchev–Trinajstić information content (AvgIpc) is 3.04. The van der Waals surface area contributed by atoms with Gasteiger partial charge in [0.25, 0.3) is 0 Å². The number of nitrogens with one attached hydrogen (secondary N) is 1.